The van der Waals surface area contributed by atoms with E-state index in [0.29, 0.717) is 11.7 Å². The number of benzene rings is 3. The molecule has 1 aliphatic rings. The van der Waals surface area contributed by atoms with E-state index in [1.165, 1.54) is 25.0 Å². The van der Waals surface area contributed by atoms with Gasteiger partial charge in [-0.15, -0.1) is 12.4 Å². The summed E-state index contributed by atoms with van der Waals surface area (Å²) < 4.78 is 42.4. The van der Waals surface area contributed by atoms with Crippen molar-refractivity contribution in [2.45, 2.75) is 71.2 Å². The lowest BCUT2D eigenvalue weighted by Crippen LogP contribution is -2.31. The van der Waals surface area contributed by atoms with Gasteiger partial charge in [0, 0.05) is 11.6 Å². The number of hydrogen-bond donors (Lipinski definition) is 2. The van der Waals surface area contributed by atoms with Crippen molar-refractivity contribution in [1.82, 2.24) is 4.72 Å². The minimum atomic E-state index is -3.97. The van der Waals surface area contributed by atoms with Gasteiger partial charge in [-0.2, -0.15) is 0 Å². The van der Waals surface area contributed by atoms with Crippen LogP contribution in [-0.4, -0.2) is 20.4 Å². The van der Waals surface area contributed by atoms with Gasteiger partial charge in [0.1, 0.15) is 5.82 Å². The van der Waals surface area contributed by atoms with Gasteiger partial charge in [0.2, 0.25) is 0 Å². The van der Waals surface area contributed by atoms with Crippen LogP contribution in [0.3, 0.4) is 0 Å². The Morgan fingerprint density at radius 2 is 1.51 bits per heavy atom. The second-order valence-electron chi connectivity index (χ2n) is 10.2. The summed E-state index contributed by atoms with van der Waals surface area (Å²) in [5.41, 5.74) is 7.32. The van der Waals surface area contributed by atoms with Gasteiger partial charge in [0.15, 0.2) is 0 Å². The highest BCUT2D eigenvalue weighted by Gasteiger charge is 2.21. The van der Waals surface area contributed by atoms with Gasteiger partial charge in [0.05, 0.1) is 10.6 Å². The largest absolute Gasteiger partial charge is 0.380 e. The zero-order valence-electron chi connectivity index (χ0n) is 23.0. The van der Waals surface area contributed by atoms with E-state index in [4.69, 9.17) is 0 Å². The van der Waals surface area contributed by atoms with E-state index in [0.717, 1.165) is 51.8 Å². The summed E-state index contributed by atoms with van der Waals surface area (Å²) in [7, 11) is -3.97. The van der Waals surface area contributed by atoms with Crippen molar-refractivity contribution in [3.05, 3.63) is 87.7 Å². The second-order valence-corrected chi connectivity index (χ2v) is 11.9. The van der Waals surface area contributed by atoms with Crippen molar-refractivity contribution in [2.75, 3.05) is 5.32 Å². The molecule has 1 amide bonds. The molecular weight excluding hydrogens is 535 g/mol. The third kappa shape index (κ3) is 6.53. The maximum atomic E-state index is 15.1. The first-order valence-electron chi connectivity index (χ1n) is 13.0. The third-order valence-electron chi connectivity index (χ3n) is 7.66. The van der Waals surface area contributed by atoms with Crippen LogP contribution in [0.4, 0.5) is 10.1 Å². The molecule has 4 rings (SSSR count). The van der Waals surface area contributed by atoms with Crippen LogP contribution >= 0.6 is 12.4 Å². The number of hydrogen-bond acceptors (Lipinski definition) is 4. The summed E-state index contributed by atoms with van der Waals surface area (Å²) in [6.45, 7) is 9.52. The first-order chi connectivity index (χ1) is 18.0. The van der Waals surface area contributed by atoms with Gasteiger partial charge in [-0.25, -0.2) is 17.5 Å². The molecule has 208 valence electrons. The third-order valence-corrected chi connectivity index (χ3v) is 9.00. The van der Waals surface area contributed by atoms with E-state index < -0.39 is 15.9 Å². The smallest absolute Gasteiger partial charge is 0.264 e. The summed E-state index contributed by atoms with van der Waals surface area (Å²) in [5.74, 6) is -0.945. The van der Waals surface area contributed by atoms with Crippen molar-refractivity contribution in [1.29, 1.82) is 0 Å². The van der Waals surface area contributed by atoms with E-state index in [-0.39, 0.29) is 28.7 Å². The van der Waals surface area contributed by atoms with E-state index in [1.54, 1.807) is 37.3 Å². The summed E-state index contributed by atoms with van der Waals surface area (Å²) in [6.07, 6.45) is 6.22. The molecule has 1 aliphatic carbocycles. The average molecular weight is 571 g/mol. The Morgan fingerprint density at radius 1 is 0.923 bits per heavy atom. The minimum absolute atomic E-state index is 0. The minimum Gasteiger partial charge on any atom is -0.380 e. The van der Waals surface area contributed by atoms with Crippen LogP contribution in [-0.2, 0) is 14.8 Å². The van der Waals surface area contributed by atoms with Crippen LogP contribution in [0.15, 0.2) is 59.0 Å². The lowest BCUT2D eigenvalue weighted by Gasteiger charge is -2.21. The molecule has 0 saturated heterocycles. The topological polar surface area (TPSA) is 75.3 Å². The highest BCUT2D eigenvalue weighted by molar-refractivity contribution is 7.90. The maximum Gasteiger partial charge on any atom is 0.264 e. The second kappa shape index (κ2) is 12.3. The van der Waals surface area contributed by atoms with Crippen LogP contribution < -0.4 is 10.0 Å². The highest BCUT2D eigenvalue weighted by atomic mass is 35.5. The molecule has 2 N–H and O–H groups in total. The van der Waals surface area contributed by atoms with Gasteiger partial charge in [-0.3, -0.25) is 4.79 Å². The van der Waals surface area contributed by atoms with Crippen molar-refractivity contribution >= 4 is 40.1 Å². The Bertz CT molecular complexity index is 1480. The summed E-state index contributed by atoms with van der Waals surface area (Å²) in [4.78, 5) is 12.8. The van der Waals surface area contributed by atoms with Crippen LogP contribution in [0.25, 0.3) is 17.2 Å². The number of amides is 1. The zero-order chi connectivity index (χ0) is 27.6. The SMILES string of the molecule is C/C(=C\c1c(C)c(C)c(-c2ccc(NC3CCCC3)c(F)c2)c(C)c1C)C(=O)NS(=O)(=O)c1ccccc1.Cl. The molecule has 0 aliphatic heterocycles. The molecule has 1 fully saturated rings. The van der Waals surface area contributed by atoms with Gasteiger partial charge in [-0.05, 0) is 117 Å². The molecule has 0 radical (unpaired) electrons. The molecule has 0 spiro atoms. The van der Waals surface area contributed by atoms with E-state index >= 15 is 4.39 Å². The van der Waals surface area contributed by atoms with Crippen LogP contribution in [0.2, 0.25) is 0 Å². The number of halogens is 2. The molecule has 3 aromatic carbocycles. The van der Waals surface area contributed by atoms with Gasteiger partial charge in [0.25, 0.3) is 15.9 Å². The average Bonchev–Trinajstić information content (AvgIpc) is 3.40. The maximum absolute atomic E-state index is 15.1. The number of carbonyl (C=O) groups is 1. The molecule has 0 unspecified atom stereocenters. The quantitative estimate of drug-likeness (QED) is 0.290. The Hall–Kier alpha value is -3.16. The summed E-state index contributed by atoms with van der Waals surface area (Å²) >= 11 is 0. The van der Waals surface area contributed by atoms with E-state index in [9.17, 15) is 13.2 Å². The zero-order valence-corrected chi connectivity index (χ0v) is 24.7. The number of anilines is 1. The molecule has 0 atom stereocenters. The van der Waals surface area contributed by atoms with Crippen molar-refractivity contribution < 1.29 is 17.6 Å². The van der Waals surface area contributed by atoms with E-state index in [2.05, 4.69) is 10.0 Å². The van der Waals surface area contributed by atoms with Gasteiger partial charge in [-0.1, -0.05) is 37.1 Å². The molecule has 0 aromatic heterocycles. The Morgan fingerprint density at radius 3 is 2.08 bits per heavy atom. The Balaban J connectivity index is 0.00000420. The van der Waals surface area contributed by atoms with Gasteiger partial charge < -0.3 is 5.32 Å². The molecule has 8 heteroatoms. The number of sulfonamides is 1. The molecule has 3 aromatic rings. The fourth-order valence-corrected chi connectivity index (χ4v) is 6.25. The summed E-state index contributed by atoms with van der Waals surface area (Å²) in [5, 5.41) is 3.34. The highest BCUT2D eigenvalue weighted by Crippen LogP contribution is 2.37. The number of carbonyl (C=O) groups excluding carboxylic acids is 1. The van der Waals surface area contributed by atoms with Crippen molar-refractivity contribution in [2.24, 2.45) is 0 Å². The first kappa shape index (κ1) is 30.4. The Labute approximate surface area is 237 Å². The Kier molecular flexibility index (Phi) is 9.62. The van der Waals surface area contributed by atoms with Crippen LogP contribution in [0, 0.1) is 33.5 Å². The number of rotatable bonds is 7. The molecule has 5 nitrogen and oxygen atoms in total. The van der Waals surface area contributed by atoms with Crippen LogP contribution in [0.1, 0.15) is 60.4 Å². The molecule has 39 heavy (non-hydrogen) atoms. The predicted molar refractivity (Wildman–Crippen MR) is 159 cm³/mol. The molecule has 0 heterocycles. The van der Waals surface area contributed by atoms with Crippen molar-refractivity contribution in [3.8, 4) is 11.1 Å². The molecular formula is C31H36ClFN2O3S. The van der Waals surface area contributed by atoms with Crippen LogP contribution in [0.5, 0.6) is 0 Å². The summed E-state index contributed by atoms with van der Waals surface area (Å²) in [6, 6.07) is 13.5. The first-order valence-corrected chi connectivity index (χ1v) is 14.4. The number of nitrogens with one attached hydrogen (secondary N) is 2. The normalized spacial score (nSPS) is 14.2. The fourth-order valence-electron chi connectivity index (χ4n) is 5.21. The molecule has 1 saturated carbocycles. The lowest BCUT2D eigenvalue weighted by atomic mass is 9.85. The monoisotopic (exact) mass is 570 g/mol. The fraction of sp³-hybridized carbons (Fsp3) is 0.323. The molecule has 0 bridgehead atoms. The van der Waals surface area contributed by atoms with E-state index in [1.807, 2.05) is 39.8 Å². The lowest BCUT2D eigenvalue weighted by molar-refractivity contribution is -0.115. The standard InChI is InChI=1S/C31H35FN2O3S.ClH/c1-19(31(35)34-38(36,37)26-13-7-6-8-14-26)17-27-20(2)22(4)30(23(5)21(27)3)24-15-16-29(28(32)18-24)33-25-11-9-10-12-25;/h6-8,13-18,25,33H,9-12H2,1-5H3,(H,34,35);1H/b19-17+;. The van der Waals surface area contributed by atoms with Gasteiger partial charge >= 0.3 is 0 Å². The predicted octanol–water partition coefficient (Wildman–Crippen LogP) is 7.41. The van der Waals surface area contributed by atoms with Crippen molar-refractivity contribution in [3.63, 3.8) is 0 Å².